The Morgan fingerprint density at radius 3 is 2.33 bits per heavy atom. The second kappa shape index (κ2) is 11.0. The van der Waals surface area contributed by atoms with Crippen LogP contribution in [0.25, 0.3) is 11.0 Å². The molecule has 1 aromatic carbocycles. The van der Waals surface area contributed by atoms with Gasteiger partial charge in [0.25, 0.3) is 0 Å². The molecule has 0 saturated carbocycles. The minimum Gasteiger partial charge on any atom is -0.497 e. The van der Waals surface area contributed by atoms with Crippen molar-refractivity contribution in [2.45, 2.75) is 12.6 Å². The van der Waals surface area contributed by atoms with Crippen LogP contribution in [-0.2, 0) is 6.18 Å². The lowest BCUT2D eigenvalue weighted by atomic mass is 10.2. The molecular weight excluding hydrogens is 535 g/mol. The number of nitrogens with one attached hydrogen (secondary N) is 1. The topological polar surface area (TPSA) is 88.5 Å². The zero-order valence-electron chi connectivity index (χ0n) is 21.2. The van der Waals surface area contributed by atoms with Crippen LogP contribution in [0.2, 0.25) is 5.02 Å². The monoisotopic (exact) mass is 559 g/mol. The molecule has 0 amide bonds. The molecular formula is C26H25ClF3N7O2. The molecule has 3 aromatic heterocycles. The predicted octanol–water partition coefficient (Wildman–Crippen LogP) is 5.57. The summed E-state index contributed by atoms with van der Waals surface area (Å²) < 4.78 is 52.0. The molecule has 1 fully saturated rings. The Balaban J connectivity index is 1.42. The summed E-state index contributed by atoms with van der Waals surface area (Å²) in [5.41, 5.74) is 1.68. The number of halogens is 4. The minimum atomic E-state index is -4.65. The summed E-state index contributed by atoms with van der Waals surface area (Å²) >= 11 is 6.08. The van der Waals surface area contributed by atoms with Crippen molar-refractivity contribution < 1.29 is 22.6 Å². The van der Waals surface area contributed by atoms with Crippen molar-refractivity contribution in [1.82, 2.24) is 19.9 Å². The van der Waals surface area contributed by atoms with Crippen LogP contribution in [0.3, 0.4) is 0 Å². The van der Waals surface area contributed by atoms with Crippen LogP contribution in [0.4, 0.5) is 36.3 Å². The Bertz CT molecular complexity index is 1470. The van der Waals surface area contributed by atoms with E-state index in [1.165, 1.54) is 14.2 Å². The summed E-state index contributed by atoms with van der Waals surface area (Å²) in [6.07, 6.45) is -0.686. The van der Waals surface area contributed by atoms with Crippen molar-refractivity contribution in [3.05, 3.63) is 59.5 Å². The molecule has 9 nitrogen and oxygen atoms in total. The third-order valence-corrected chi connectivity index (χ3v) is 6.50. The van der Waals surface area contributed by atoms with Crippen molar-refractivity contribution in [3.63, 3.8) is 0 Å². The predicted molar refractivity (Wildman–Crippen MR) is 143 cm³/mol. The quantitative estimate of drug-likeness (QED) is 0.326. The maximum absolute atomic E-state index is 13.8. The van der Waals surface area contributed by atoms with Crippen LogP contribution in [0.1, 0.15) is 12.1 Å². The van der Waals surface area contributed by atoms with E-state index >= 15 is 0 Å². The molecule has 1 saturated heterocycles. The number of methoxy groups -OCH3 is 2. The van der Waals surface area contributed by atoms with Crippen molar-refractivity contribution in [2.75, 3.05) is 55.5 Å². The number of alkyl halides is 3. The molecule has 4 aromatic rings. The van der Waals surface area contributed by atoms with Gasteiger partial charge in [0.2, 0.25) is 5.95 Å². The van der Waals surface area contributed by atoms with Gasteiger partial charge in [0.1, 0.15) is 22.8 Å². The van der Waals surface area contributed by atoms with E-state index in [0.29, 0.717) is 60.3 Å². The zero-order chi connectivity index (χ0) is 27.6. The van der Waals surface area contributed by atoms with Gasteiger partial charge in [0.15, 0.2) is 5.69 Å². The fourth-order valence-electron chi connectivity index (χ4n) is 4.44. The molecule has 0 aliphatic carbocycles. The van der Waals surface area contributed by atoms with Crippen molar-refractivity contribution in [3.8, 4) is 11.5 Å². The van der Waals surface area contributed by atoms with Gasteiger partial charge < -0.3 is 24.6 Å². The van der Waals surface area contributed by atoms with E-state index in [4.69, 9.17) is 21.1 Å². The Kier molecular flexibility index (Phi) is 7.47. The standard InChI is InChI=1S/C26H25ClF3N7O2/c1-38-18-11-17(12-19(13-18)39-2)33-25-34-22(26(28,29)30)14-23(35-25)37-7-3-6-36(8-9-37)21-4-5-31-20-10-16(27)15-32-24(20)21/h4-5,10-15H,3,6-9H2,1-2H3,(H,33,34,35). The number of ether oxygens (including phenoxy) is 2. The number of anilines is 4. The zero-order valence-corrected chi connectivity index (χ0v) is 21.9. The number of aromatic nitrogens is 4. The summed E-state index contributed by atoms with van der Waals surface area (Å²) in [5.74, 6) is 0.938. The molecule has 1 aliphatic heterocycles. The molecule has 1 aliphatic rings. The van der Waals surface area contributed by atoms with Crippen molar-refractivity contribution >= 4 is 45.8 Å². The molecule has 4 heterocycles. The SMILES string of the molecule is COc1cc(Nc2nc(N3CCCN(c4ccnc5cc(Cl)cnc45)CC3)cc(C(F)(F)F)n2)cc(OC)c1. The van der Waals surface area contributed by atoms with Gasteiger partial charge in [-0.25, -0.2) is 4.98 Å². The maximum Gasteiger partial charge on any atom is 0.433 e. The number of pyridine rings is 2. The van der Waals surface area contributed by atoms with E-state index in [1.807, 2.05) is 11.0 Å². The van der Waals surface area contributed by atoms with E-state index < -0.39 is 11.9 Å². The summed E-state index contributed by atoms with van der Waals surface area (Å²) in [6, 6.07) is 9.52. The van der Waals surface area contributed by atoms with Crippen LogP contribution in [0.5, 0.6) is 11.5 Å². The fraction of sp³-hybridized carbons (Fsp3) is 0.308. The number of nitrogens with zero attached hydrogens (tertiary/aromatic N) is 6. The highest BCUT2D eigenvalue weighted by Crippen LogP contribution is 2.33. The molecule has 0 unspecified atom stereocenters. The normalized spacial score (nSPS) is 14.3. The number of hydrogen-bond donors (Lipinski definition) is 1. The Morgan fingerprint density at radius 1 is 0.897 bits per heavy atom. The molecule has 0 atom stereocenters. The van der Waals surface area contributed by atoms with Gasteiger partial charge in [-0.05, 0) is 18.6 Å². The first-order valence-electron chi connectivity index (χ1n) is 12.1. The third kappa shape index (κ3) is 6.00. The number of hydrogen-bond acceptors (Lipinski definition) is 9. The molecule has 39 heavy (non-hydrogen) atoms. The Hall–Kier alpha value is -4.06. The lowest BCUT2D eigenvalue weighted by Gasteiger charge is -2.25. The highest BCUT2D eigenvalue weighted by Gasteiger charge is 2.34. The minimum absolute atomic E-state index is 0.182. The first kappa shape index (κ1) is 26.5. The average Bonchev–Trinajstić information content (AvgIpc) is 3.18. The third-order valence-electron chi connectivity index (χ3n) is 6.29. The number of fused-ring (bicyclic) bond motifs is 1. The second-order valence-electron chi connectivity index (χ2n) is 8.84. The van der Waals surface area contributed by atoms with Crippen molar-refractivity contribution in [2.24, 2.45) is 0 Å². The smallest absolute Gasteiger partial charge is 0.433 e. The lowest BCUT2D eigenvalue weighted by molar-refractivity contribution is -0.141. The van der Waals surface area contributed by atoms with Crippen LogP contribution in [0.15, 0.2) is 48.8 Å². The second-order valence-corrected chi connectivity index (χ2v) is 9.27. The molecule has 0 bridgehead atoms. The van der Waals surface area contributed by atoms with Gasteiger partial charge in [-0.15, -0.1) is 0 Å². The molecule has 13 heteroatoms. The Labute approximate surface area is 227 Å². The molecule has 1 N–H and O–H groups in total. The first-order chi connectivity index (χ1) is 18.7. The largest absolute Gasteiger partial charge is 0.497 e. The maximum atomic E-state index is 13.8. The first-order valence-corrected chi connectivity index (χ1v) is 12.5. The van der Waals surface area contributed by atoms with Gasteiger partial charge >= 0.3 is 6.18 Å². The van der Waals surface area contributed by atoms with Crippen molar-refractivity contribution in [1.29, 1.82) is 0 Å². The van der Waals surface area contributed by atoms with Gasteiger partial charge in [-0.2, -0.15) is 18.2 Å². The molecule has 0 radical (unpaired) electrons. The summed E-state index contributed by atoms with van der Waals surface area (Å²) in [7, 11) is 2.97. The number of rotatable bonds is 6. The van der Waals surface area contributed by atoms with E-state index in [9.17, 15) is 13.2 Å². The van der Waals surface area contributed by atoms with Crippen LogP contribution in [-0.4, -0.2) is 60.3 Å². The van der Waals surface area contributed by atoms with E-state index in [0.717, 1.165) is 17.3 Å². The summed E-state index contributed by atoms with van der Waals surface area (Å²) in [6.45, 7) is 2.19. The Morgan fingerprint density at radius 2 is 1.62 bits per heavy atom. The molecule has 204 valence electrons. The van der Waals surface area contributed by atoms with Crippen LogP contribution >= 0.6 is 11.6 Å². The van der Waals surface area contributed by atoms with E-state index in [2.05, 4.69) is 30.2 Å². The summed E-state index contributed by atoms with van der Waals surface area (Å²) in [5, 5.41) is 3.37. The molecule has 0 spiro atoms. The van der Waals surface area contributed by atoms with Crippen LogP contribution < -0.4 is 24.6 Å². The van der Waals surface area contributed by atoms with E-state index in [1.54, 1.807) is 36.7 Å². The van der Waals surface area contributed by atoms with Gasteiger partial charge in [0.05, 0.1) is 30.4 Å². The van der Waals surface area contributed by atoms with Gasteiger partial charge in [0, 0.05) is 68.5 Å². The highest BCUT2D eigenvalue weighted by atomic mass is 35.5. The average molecular weight is 560 g/mol. The van der Waals surface area contributed by atoms with E-state index in [-0.39, 0.29) is 11.8 Å². The number of benzene rings is 1. The van der Waals surface area contributed by atoms with Crippen LogP contribution in [0, 0.1) is 0 Å². The summed E-state index contributed by atoms with van der Waals surface area (Å²) in [4.78, 5) is 21.0. The van der Waals surface area contributed by atoms with Gasteiger partial charge in [-0.3, -0.25) is 9.97 Å². The van der Waals surface area contributed by atoms with Gasteiger partial charge in [-0.1, -0.05) is 11.6 Å². The highest BCUT2D eigenvalue weighted by molar-refractivity contribution is 6.31. The molecule has 5 rings (SSSR count). The lowest BCUT2D eigenvalue weighted by Crippen LogP contribution is -2.31. The fourth-order valence-corrected chi connectivity index (χ4v) is 4.59.